The minimum Gasteiger partial charge on any atom is -0.322 e. The predicted molar refractivity (Wildman–Crippen MR) is 119 cm³/mol. The number of benzene rings is 2. The van der Waals surface area contributed by atoms with Crippen LogP contribution in [0.3, 0.4) is 0 Å². The quantitative estimate of drug-likeness (QED) is 0.681. The second kappa shape index (κ2) is 9.47. The summed E-state index contributed by atoms with van der Waals surface area (Å²) in [6, 6.07) is 10.3. The molecule has 3 rings (SSSR count). The van der Waals surface area contributed by atoms with Crippen molar-refractivity contribution in [2.24, 2.45) is 0 Å². The summed E-state index contributed by atoms with van der Waals surface area (Å²) < 4.78 is 53.7. The summed E-state index contributed by atoms with van der Waals surface area (Å²) in [5, 5.41) is 2.70. The number of sulfonamides is 2. The van der Waals surface area contributed by atoms with Gasteiger partial charge in [0.2, 0.25) is 20.0 Å². The first kappa shape index (κ1) is 23.4. The minimum absolute atomic E-state index is 0.0488. The fraction of sp³-hybridized carbons (Fsp3) is 0.381. The molecular formula is C21H27N3O5S2. The van der Waals surface area contributed by atoms with Gasteiger partial charge in [0.05, 0.1) is 9.79 Å². The fourth-order valence-corrected chi connectivity index (χ4v) is 5.98. The predicted octanol–water partition coefficient (Wildman–Crippen LogP) is 2.72. The number of nitrogens with zero attached hydrogens (tertiary/aromatic N) is 1. The molecule has 0 aliphatic carbocycles. The topological polar surface area (TPSA) is 113 Å². The lowest BCUT2D eigenvalue weighted by Crippen LogP contribution is -2.32. The Kier molecular flexibility index (Phi) is 7.15. The number of hydrogen-bond acceptors (Lipinski definition) is 5. The average molecular weight is 466 g/mol. The van der Waals surface area contributed by atoms with Crippen molar-refractivity contribution in [1.82, 2.24) is 9.03 Å². The van der Waals surface area contributed by atoms with Crippen LogP contribution in [-0.4, -0.2) is 47.2 Å². The molecule has 1 amide bonds. The number of carbonyl (C=O) groups excluding carboxylic acids is 1. The van der Waals surface area contributed by atoms with E-state index >= 15 is 0 Å². The Morgan fingerprint density at radius 1 is 0.903 bits per heavy atom. The molecule has 0 spiro atoms. The molecule has 2 aromatic rings. The SMILES string of the molecule is CNS(=O)(=O)c1ccc(C(=O)Nc2ccc(C)c(S(=O)(=O)N3CCCCCC3)c2)cc1. The van der Waals surface area contributed by atoms with E-state index in [9.17, 15) is 21.6 Å². The van der Waals surface area contributed by atoms with Crippen LogP contribution in [0.25, 0.3) is 0 Å². The van der Waals surface area contributed by atoms with Crippen molar-refractivity contribution in [2.45, 2.75) is 42.4 Å². The lowest BCUT2D eigenvalue weighted by atomic mass is 10.2. The Labute approximate surface area is 183 Å². The lowest BCUT2D eigenvalue weighted by molar-refractivity contribution is 0.102. The van der Waals surface area contributed by atoms with E-state index in [1.165, 1.54) is 41.7 Å². The molecule has 0 radical (unpaired) electrons. The first-order chi connectivity index (χ1) is 14.6. The van der Waals surface area contributed by atoms with Gasteiger partial charge in [-0.25, -0.2) is 21.6 Å². The third-order valence-electron chi connectivity index (χ3n) is 5.32. The minimum atomic E-state index is -3.66. The fourth-order valence-electron chi connectivity index (χ4n) is 3.48. The highest BCUT2D eigenvalue weighted by Gasteiger charge is 2.27. The van der Waals surface area contributed by atoms with Crippen molar-refractivity contribution in [3.8, 4) is 0 Å². The summed E-state index contributed by atoms with van der Waals surface area (Å²) in [5.74, 6) is -0.463. The summed E-state index contributed by atoms with van der Waals surface area (Å²) >= 11 is 0. The zero-order chi connectivity index (χ0) is 22.6. The molecule has 0 bridgehead atoms. The molecule has 1 fully saturated rings. The molecule has 0 aromatic heterocycles. The third-order valence-corrected chi connectivity index (χ3v) is 8.80. The Morgan fingerprint density at radius 3 is 2.10 bits per heavy atom. The number of anilines is 1. The number of nitrogens with one attached hydrogen (secondary N) is 2. The molecule has 168 valence electrons. The van der Waals surface area contributed by atoms with Gasteiger partial charge in [0.25, 0.3) is 5.91 Å². The van der Waals surface area contributed by atoms with Crippen LogP contribution in [-0.2, 0) is 20.0 Å². The van der Waals surface area contributed by atoms with Gasteiger partial charge in [-0.1, -0.05) is 18.9 Å². The van der Waals surface area contributed by atoms with Gasteiger partial charge in [0.1, 0.15) is 0 Å². The first-order valence-electron chi connectivity index (χ1n) is 10.1. The number of carbonyl (C=O) groups is 1. The average Bonchev–Trinajstić information content (AvgIpc) is 3.05. The van der Waals surface area contributed by atoms with Crippen LogP contribution in [0.15, 0.2) is 52.3 Å². The van der Waals surface area contributed by atoms with Gasteiger partial charge in [0, 0.05) is 24.3 Å². The van der Waals surface area contributed by atoms with E-state index in [4.69, 9.17) is 0 Å². The van der Waals surface area contributed by atoms with Gasteiger partial charge in [-0.05, 0) is 68.8 Å². The summed E-state index contributed by atoms with van der Waals surface area (Å²) in [6.07, 6.45) is 3.73. The number of rotatable bonds is 6. The van der Waals surface area contributed by atoms with Crippen LogP contribution in [0.5, 0.6) is 0 Å². The number of amides is 1. The maximum atomic E-state index is 13.2. The van der Waals surface area contributed by atoms with Crippen molar-refractivity contribution in [3.05, 3.63) is 53.6 Å². The van der Waals surface area contributed by atoms with E-state index in [1.807, 2.05) is 0 Å². The zero-order valence-electron chi connectivity index (χ0n) is 17.6. The molecule has 31 heavy (non-hydrogen) atoms. The second-order valence-corrected chi connectivity index (χ2v) is 11.3. The Balaban J connectivity index is 1.82. The Hall–Kier alpha value is -2.27. The standard InChI is InChI=1S/C21H27N3O5S2/c1-16-7-10-18(15-20(16)31(28,29)24-13-5-3-4-6-14-24)23-21(25)17-8-11-19(12-9-17)30(26,27)22-2/h7-12,15,22H,3-6,13-14H2,1-2H3,(H,23,25). The zero-order valence-corrected chi connectivity index (χ0v) is 19.2. The highest BCUT2D eigenvalue weighted by Crippen LogP contribution is 2.26. The molecular weight excluding hydrogens is 438 g/mol. The molecule has 2 aromatic carbocycles. The highest BCUT2D eigenvalue weighted by atomic mass is 32.2. The molecule has 1 heterocycles. The Morgan fingerprint density at radius 2 is 1.52 bits per heavy atom. The highest BCUT2D eigenvalue weighted by molar-refractivity contribution is 7.89. The molecule has 1 saturated heterocycles. The summed E-state index contributed by atoms with van der Waals surface area (Å²) in [5.41, 5.74) is 1.23. The van der Waals surface area contributed by atoms with Crippen molar-refractivity contribution in [1.29, 1.82) is 0 Å². The summed E-state index contributed by atoms with van der Waals surface area (Å²) in [7, 11) is -5.94. The Bertz CT molecular complexity index is 1150. The van der Waals surface area contributed by atoms with Gasteiger partial charge in [-0.15, -0.1) is 0 Å². The van der Waals surface area contributed by atoms with Crippen LogP contribution in [0.2, 0.25) is 0 Å². The maximum Gasteiger partial charge on any atom is 0.255 e. The largest absolute Gasteiger partial charge is 0.322 e. The molecule has 0 atom stereocenters. The van der Waals surface area contributed by atoms with Crippen molar-refractivity contribution in [2.75, 3.05) is 25.5 Å². The maximum absolute atomic E-state index is 13.2. The monoisotopic (exact) mass is 465 g/mol. The van der Waals surface area contributed by atoms with Crippen LogP contribution in [0, 0.1) is 6.92 Å². The van der Waals surface area contributed by atoms with Crippen LogP contribution < -0.4 is 10.0 Å². The van der Waals surface area contributed by atoms with E-state index in [0.717, 1.165) is 25.7 Å². The van der Waals surface area contributed by atoms with Gasteiger partial charge < -0.3 is 5.32 Å². The number of aryl methyl sites for hydroxylation is 1. The van der Waals surface area contributed by atoms with E-state index in [2.05, 4.69) is 10.0 Å². The molecule has 10 heteroatoms. The van der Waals surface area contributed by atoms with Crippen molar-refractivity contribution < 1.29 is 21.6 Å². The number of hydrogen-bond donors (Lipinski definition) is 2. The van der Waals surface area contributed by atoms with Crippen LogP contribution >= 0.6 is 0 Å². The van der Waals surface area contributed by atoms with Crippen molar-refractivity contribution in [3.63, 3.8) is 0 Å². The van der Waals surface area contributed by atoms with Gasteiger partial charge >= 0.3 is 0 Å². The van der Waals surface area contributed by atoms with Crippen molar-refractivity contribution >= 4 is 31.6 Å². The summed E-state index contributed by atoms with van der Waals surface area (Å²) in [4.78, 5) is 12.8. The van der Waals surface area contributed by atoms with Gasteiger partial charge in [-0.3, -0.25) is 4.79 Å². The van der Waals surface area contributed by atoms with E-state index in [-0.39, 0.29) is 15.4 Å². The van der Waals surface area contributed by atoms with Crippen LogP contribution in [0.4, 0.5) is 5.69 Å². The molecule has 2 N–H and O–H groups in total. The lowest BCUT2D eigenvalue weighted by Gasteiger charge is -2.21. The third kappa shape index (κ3) is 5.32. The molecule has 0 unspecified atom stereocenters. The smallest absolute Gasteiger partial charge is 0.255 e. The van der Waals surface area contributed by atoms with E-state index in [0.29, 0.717) is 24.3 Å². The normalized spacial score (nSPS) is 15.9. The van der Waals surface area contributed by atoms with Gasteiger partial charge in [-0.2, -0.15) is 4.31 Å². The van der Waals surface area contributed by atoms with E-state index in [1.54, 1.807) is 19.1 Å². The molecule has 0 saturated carbocycles. The molecule has 1 aliphatic heterocycles. The molecule has 8 nitrogen and oxygen atoms in total. The first-order valence-corrected chi connectivity index (χ1v) is 13.0. The van der Waals surface area contributed by atoms with E-state index < -0.39 is 26.0 Å². The molecule has 1 aliphatic rings. The van der Waals surface area contributed by atoms with Crippen LogP contribution in [0.1, 0.15) is 41.6 Å². The van der Waals surface area contributed by atoms with Gasteiger partial charge in [0.15, 0.2) is 0 Å². The second-order valence-electron chi connectivity index (χ2n) is 7.48. The summed E-state index contributed by atoms with van der Waals surface area (Å²) in [6.45, 7) is 2.73.